The molecule has 0 fully saturated rings. The summed E-state index contributed by atoms with van der Waals surface area (Å²) in [4.78, 5) is 23.8. The third-order valence-corrected chi connectivity index (χ3v) is 4.12. The SMILES string of the molecule is CCCCC(CC)C(=O)NC(c1ccccc1)C(C)C(=O)O. The molecule has 1 aromatic carbocycles. The second-order valence-corrected chi connectivity index (χ2v) is 5.77. The van der Waals surface area contributed by atoms with E-state index in [4.69, 9.17) is 0 Å². The third-order valence-electron chi connectivity index (χ3n) is 4.12. The molecule has 0 aromatic heterocycles. The standard InChI is InChI=1S/C18H27NO3/c1-4-6-10-14(5-2)17(20)19-16(13(3)18(21)22)15-11-8-7-9-12-15/h7-9,11-14,16H,4-6,10H2,1-3H3,(H,19,20)(H,21,22). The third kappa shape index (κ3) is 5.17. The fourth-order valence-corrected chi connectivity index (χ4v) is 2.54. The highest BCUT2D eigenvalue weighted by Crippen LogP contribution is 2.24. The van der Waals surface area contributed by atoms with Gasteiger partial charge in [-0.05, 0) is 25.3 Å². The lowest BCUT2D eigenvalue weighted by Crippen LogP contribution is -2.38. The van der Waals surface area contributed by atoms with Crippen LogP contribution < -0.4 is 5.32 Å². The lowest BCUT2D eigenvalue weighted by molar-refractivity contribution is -0.142. The van der Waals surface area contributed by atoms with Crippen molar-refractivity contribution in [2.24, 2.45) is 11.8 Å². The molecule has 3 atom stereocenters. The Morgan fingerprint density at radius 2 is 1.82 bits per heavy atom. The van der Waals surface area contributed by atoms with E-state index in [2.05, 4.69) is 12.2 Å². The van der Waals surface area contributed by atoms with Crippen LogP contribution in [0.1, 0.15) is 58.1 Å². The van der Waals surface area contributed by atoms with Crippen molar-refractivity contribution in [1.82, 2.24) is 5.32 Å². The number of aliphatic carboxylic acids is 1. The lowest BCUT2D eigenvalue weighted by Gasteiger charge is -2.25. The van der Waals surface area contributed by atoms with Gasteiger partial charge in [-0.25, -0.2) is 0 Å². The largest absolute Gasteiger partial charge is 0.481 e. The summed E-state index contributed by atoms with van der Waals surface area (Å²) in [6.45, 7) is 5.73. The Hall–Kier alpha value is -1.84. The van der Waals surface area contributed by atoms with Crippen LogP contribution in [-0.2, 0) is 9.59 Å². The number of amides is 1. The summed E-state index contributed by atoms with van der Waals surface area (Å²) in [6, 6.07) is 8.81. The molecule has 0 spiro atoms. The van der Waals surface area contributed by atoms with Crippen LogP contribution in [0.25, 0.3) is 0 Å². The average Bonchev–Trinajstić information content (AvgIpc) is 2.53. The first-order valence-corrected chi connectivity index (χ1v) is 8.09. The second-order valence-electron chi connectivity index (χ2n) is 5.77. The first-order valence-electron chi connectivity index (χ1n) is 8.09. The Morgan fingerprint density at radius 1 is 1.18 bits per heavy atom. The quantitative estimate of drug-likeness (QED) is 0.729. The highest BCUT2D eigenvalue weighted by molar-refractivity contribution is 5.80. The van der Waals surface area contributed by atoms with Gasteiger partial charge in [-0.15, -0.1) is 0 Å². The number of hydrogen-bond donors (Lipinski definition) is 2. The first-order chi connectivity index (χ1) is 10.5. The van der Waals surface area contributed by atoms with Crippen molar-refractivity contribution in [3.63, 3.8) is 0 Å². The minimum atomic E-state index is -0.907. The van der Waals surface area contributed by atoms with Crippen LogP contribution in [0.15, 0.2) is 30.3 Å². The van der Waals surface area contributed by atoms with Crippen molar-refractivity contribution >= 4 is 11.9 Å². The van der Waals surface area contributed by atoms with Gasteiger partial charge in [0.15, 0.2) is 0 Å². The molecule has 0 saturated carbocycles. The predicted octanol–water partition coefficient (Wildman–Crippen LogP) is 3.78. The molecule has 22 heavy (non-hydrogen) atoms. The fraction of sp³-hybridized carbons (Fsp3) is 0.556. The van der Waals surface area contributed by atoms with Crippen molar-refractivity contribution in [3.8, 4) is 0 Å². The maximum Gasteiger partial charge on any atom is 0.308 e. The van der Waals surface area contributed by atoms with E-state index in [0.29, 0.717) is 0 Å². The number of nitrogens with one attached hydrogen (secondary N) is 1. The van der Waals surface area contributed by atoms with Crippen LogP contribution in [0.5, 0.6) is 0 Å². The van der Waals surface area contributed by atoms with Crippen LogP contribution >= 0.6 is 0 Å². The van der Waals surface area contributed by atoms with E-state index in [1.54, 1.807) is 6.92 Å². The zero-order valence-corrected chi connectivity index (χ0v) is 13.7. The number of carboxylic acids is 1. The van der Waals surface area contributed by atoms with E-state index < -0.39 is 17.9 Å². The molecule has 1 aromatic rings. The number of benzene rings is 1. The van der Waals surface area contributed by atoms with Crippen molar-refractivity contribution in [2.45, 2.75) is 52.5 Å². The van der Waals surface area contributed by atoms with Gasteiger partial charge in [0.25, 0.3) is 0 Å². The molecular formula is C18H27NO3. The molecule has 122 valence electrons. The zero-order valence-electron chi connectivity index (χ0n) is 13.7. The molecule has 4 nitrogen and oxygen atoms in total. The van der Waals surface area contributed by atoms with Gasteiger partial charge >= 0.3 is 5.97 Å². The Kier molecular flexibility index (Phi) is 7.64. The number of carboxylic acid groups (broad SMARTS) is 1. The average molecular weight is 305 g/mol. The smallest absolute Gasteiger partial charge is 0.308 e. The molecule has 0 aliphatic rings. The molecule has 0 heterocycles. The van der Waals surface area contributed by atoms with Gasteiger partial charge in [-0.1, -0.05) is 57.0 Å². The van der Waals surface area contributed by atoms with Crippen LogP contribution in [0.2, 0.25) is 0 Å². The Bertz CT molecular complexity index is 472. The van der Waals surface area contributed by atoms with Crippen LogP contribution in [-0.4, -0.2) is 17.0 Å². The Morgan fingerprint density at radius 3 is 2.32 bits per heavy atom. The van der Waals surface area contributed by atoms with Crippen molar-refractivity contribution in [2.75, 3.05) is 0 Å². The fourth-order valence-electron chi connectivity index (χ4n) is 2.54. The zero-order chi connectivity index (χ0) is 16.5. The predicted molar refractivity (Wildman–Crippen MR) is 87.4 cm³/mol. The molecule has 1 rings (SSSR count). The summed E-state index contributed by atoms with van der Waals surface area (Å²) < 4.78 is 0. The van der Waals surface area contributed by atoms with Crippen LogP contribution in [0, 0.1) is 11.8 Å². The maximum absolute atomic E-state index is 12.5. The van der Waals surface area contributed by atoms with E-state index in [-0.39, 0.29) is 11.8 Å². The number of carbonyl (C=O) groups is 2. The summed E-state index contributed by atoms with van der Waals surface area (Å²) in [5, 5.41) is 12.3. The Balaban J connectivity index is 2.88. The number of unbranched alkanes of at least 4 members (excludes halogenated alkanes) is 1. The van der Waals surface area contributed by atoms with Crippen molar-refractivity contribution in [3.05, 3.63) is 35.9 Å². The summed E-state index contributed by atoms with van der Waals surface area (Å²) in [7, 11) is 0. The van der Waals surface area contributed by atoms with Gasteiger partial charge in [0.1, 0.15) is 0 Å². The van der Waals surface area contributed by atoms with E-state index in [1.165, 1.54) is 0 Å². The summed E-state index contributed by atoms with van der Waals surface area (Å²) in [5.74, 6) is -1.67. The van der Waals surface area contributed by atoms with E-state index in [0.717, 1.165) is 31.2 Å². The van der Waals surface area contributed by atoms with Gasteiger partial charge in [0.05, 0.1) is 12.0 Å². The van der Waals surface area contributed by atoms with E-state index >= 15 is 0 Å². The van der Waals surface area contributed by atoms with E-state index in [1.807, 2.05) is 37.3 Å². The molecule has 0 bridgehead atoms. The molecule has 1 amide bonds. The monoisotopic (exact) mass is 305 g/mol. The molecule has 3 unspecified atom stereocenters. The second kappa shape index (κ2) is 9.23. The molecule has 2 N–H and O–H groups in total. The van der Waals surface area contributed by atoms with Crippen LogP contribution in [0.4, 0.5) is 0 Å². The Labute approximate surface area is 132 Å². The van der Waals surface area contributed by atoms with Crippen LogP contribution in [0.3, 0.4) is 0 Å². The minimum Gasteiger partial charge on any atom is -0.481 e. The summed E-state index contributed by atoms with van der Waals surface area (Å²) in [6.07, 6.45) is 3.68. The molecule has 0 radical (unpaired) electrons. The molecule has 0 saturated heterocycles. The molecule has 4 heteroatoms. The minimum absolute atomic E-state index is 0.0436. The molecular weight excluding hydrogens is 278 g/mol. The highest BCUT2D eigenvalue weighted by Gasteiger charge is 2.28. The van der Waals surface area contributed by atoms with Gasteiger partial charge in [-0.2, -0.15) is 0 Å². The van der Waals surface area contributed by atoms with Gasteiger partial charge in [0, 0.05) is 5.92 Å². The topological polar surface area (TPSA) is 66.4 Å². The number of rotatable bonds is 9. The van der Waals surface area contributed by atoms with Crippen molar-refractivity contribution in [1.29, 1.82) is 0 Å². The first kappa shape index (κ1) is 18.2. The number of hydrogen-bond acceptors (Lipinski definition) is 2. The molecule has 0 aliphatic heterocycles. The highest BCUT2D eigenvalue weighted by atomic mass is 16.4. The van der Waals surface area contributed by atoms with Gasteiger partial charge in [0.2, 0.25) is 5.91 Å². The summed E-state index contributed by atoms with van der Waals surface area (Å²) in [5.41, 5.74) is 0.830. The van der Waals surface area contributed by atoms with Gasteiger partial charge < -0.3 is 10.4 Å². The lowest BCUT2D eigenvalue weighted by atomic mass is 9.92. The molecule has 0 aliphatic carbocycles. The normalized spacial score (nSPS) is 14.9. The van der Waals surface area contributed by atoms with E-state index in [9.17, 15) is 14.7 Å². The maximum atomic E-state index is 12.5. The van der Waals surface area contributed by atoms with Gasteiger partial charge in [-0.3, -0.25) is 9.59 Å². The van der Waals surface area contributed by atoms with Crippen molar-refractivity contribution < 1.29 is 14.7 Å². The summed E-state index contributed by atoms with van der Waals surface area (Å²) >= 11 is 0. The number of carbonyl (C=O) groups excluding carboxylic acids is 1.